The molecule has 2 amide bonds. The highest BCUT2D eigenvalue weighted by Gasteiger charge is 2.30. The van der Waals surface area contributed by atoms with Crippen LogP contribution in [-0.4, -0.2) is 57.3 Å². The zero-order chi connectivity index (χ0) is 20.9. The lowest BCUT2D eigenvalue weighted by molar-refractivity contribution is -0.895. The van der Waals surface area contributed by atoms with Gasteiger partial charge in [-0.1, -0.05) is 18.2 Å². The van der Waals surface area contributed by atoms with E-state index in [1.165, 1.54) is 11.2 Å². The molecule has 0 saturated carbocycles. The lowest BCUT2D eigenvalue weighted by Gasteiger charge is -2.31. The van der Waals surface area contributed by atoms with Crippen LogP contribution >= 0.6 is 0 Å². The van der Waals surface area contributed by atoms with Gasteiger partial charge in [0.1, 0.15) is 0 Å². The number of hydrogen-bond acceptors (Lipinski definition) is 4. The number of carbonyl (C=O) groups excluding carboxylic acids is 2. The number of hydrogen-bond donors (Lipinski definition) is 3. The molecule has 8 nitrogen and oxygen atoms in total. The van der Waals surface area contributed by atoms with Crippen molar-refractivity contribution in [1.29, 1.82) is 0 Å². The predicted octanol–water partition coefficient (Wildman–Crippen LogP) is 0.173. The van der Waals surface area contributed by atoms with Crippen molar-refractivity contribution < 1.29 is 22.9 Å². The fourth-order valence-electron chi connectivity index (χ4n) is 3.23. The van der Waals surface area contributed by atoms with E-state index in [1.54, 1.807) is 54.6 Å². The second-order valence-corrected chi connectivity index (χ2v) is 8.89. The maximum atomic E-state index is 12.7. The van der Waals surface area contributed by atoms with Gasteiger partial charge in [0.15, 0.2) is 6.54 Å². The summed E-state index contributed by atoms with van der Waals surface area (Å²) in [5.41, 5.74) is 1.31. The normalized spacial score (nSPS) is 15.6. The van der Waals surface area contributed by atoms with Crippen molar-refractivity contribution in [1.82, 2.24) is 4.31 Å². The van der Waals surface area contributed by atoms with Crippen molar-refractivity contribution in [2.45, 2.75) is 11.8 Å². The summed E-state index contributed by atoms with van der Waals surface area (Å²) in [6.07, 6.45) is 0. The minimum atomic E-state index is -3.49. The summed E-state index contributed by atoms with van der Waals surface area (Å²) in [5, 5.41) is 5.50. The van der Waals surface area contributed by atoms with Gasteiger partial charge in [0.2, 0.25) is 15.9 Å². The third-order valence-corrected chi connectivity index (χ3v) is 6.62. The average molecular weight is 418 g/mol. The van der Waals surface area contributed by atoms with E-state index in [0.717, 1.165) is 4.90 Å². The minimum absolute atomic E-state index is 0.133. The van der Waals surface area contributed by atoms with Gasteiger partial charge in [-0.15, -0.1) is 0 Å². The van der Waals surface area contributed by atoms with E-state index in [4.69, 9.17) is 0 Å². The average Bonchev–Trinajstić information content (AvgIpc) is 2.70. The van der Waals surface area contributed by atoms with Crippen LogP contribution in [0.4, 0.5) is 11.4 Å². The summed E-state index contributed by atoms with van der Waals surface area (Å²) in [6, 6.07) is 15.3. The highest BCUT2D eigenvalue weighted by atomic mass is 32.2. The molecule has 2 aromatic rings. The van der Waals surface area contributed by atoms with Crippen molar-refractivity contribution in [3.63, 3.8) is 0 Å². The van der Waals surface area contributed by atoms with Gasteiger partial charge in [0.25, 0.3) is 5.91 Å². The van der Waals surface area contributed by atoms with Gasteiger partial charge in [-0.25, -0.2) is 8.42 Å². The standard InChI is InChI=1S/C20H24N4O4S/c1-16(25)21-17-7-9-18(10-8-17)22-20(26)15-23-11-13-24(14-12-23)29(27,28)19-5-3-2-4-6-19/h2-10H,11-15H2,1H3,(H,21,25)(H,22,26)/p+1. The van der Waals surface area contributed by atoms with Gasteiger partial charge in [0, 0.05) is 18.3 Å². The maximum Gasteiger partial charge on any atom is 0.279 e. The molecule has 3 N–H and O–H groups in total. The Morgan fingerprint density at radius 1 is 0.931 bits per heavy atom. The molecule has 1 aliphatic heterocycles. The number of quaternary nitrogens is 1. The van der Waals surface area contributed by atoms with E-state index in [0.29, 0.717) is 42.4 Å². The molecule has 2 aromatic carbocycles. The second kappa shape index (κ2) is 9.17. The molecule has 0 unspecified atom stereocenters. The smallest absolute Gasteiger partial charge is 0.279 e. The molecule has 0 spiro atoms. The first-order chi connectivity index (χ1) is 13.8. The number of carbonyl (C=O) groups is 2. The Balaban J connectivity index is 1.49. The van der Waals surface area contributed by atoms with E-state index in [-0.39, 0.29) is 18.4 Å². The molecule has 0 atom stereocenters. The number of anilines is 2. The fraction of sp³-hybridized carbons (Fsp3) is 0.300. The Morgan fingerprint density at radius 2 is 1.48 bits per heavy atom. The quantitative estimate of drug-likeness (QED) is 0.624. The van der Waals surface area contributed by atoms with Crippen LogP contribution in [0, 0.1) is 0 Å². The molecular formula is C20H25N4O4S+. The molecule has 0 radical (unpaired) electrons. The molecule has 0 bridgehead atoms. The number of amides is 2. The van der Waals surface area contributed by atoms with E-state index >= 15 is 0 Å². The SMILES string of the molecule is CC(=O)Nc1ccc(NC(=O)C[NH+]2CCN(S(=O)(=O)c3ccccc3)CC2)cc1. The van der Waals surface area contributed by atoms with Gasteiger partial charge in [0.05, 0.1) is 31.1 Å². The van der Waals surface area contributed by atoms with Crippen molar-refractivity contribution in [3.05, 3.63) is 54.6 Å². The molecule has 1 saturated heterocycles. The third-order valence-electron chi connectivity index (χ3n) is 4.71. The summed E-state index contributed by atoms with van der Waals surface area (Å²) >= 11 is 0. The third kappa shape index (κ3) is 5.63. The fourth-order valence-corrected chi connectivity index (χ4v) is 4.70. The van der Waals surface area contributed by atoms with Gasteiger partial charge in [-0.2, -0.15) is 4.31 Å². The van der Waals surface area contributed by atoms with Crippen LogP contribution in [-0.2, 0) is 19.6 Å². The topological polar surface area (TPSA) is 100 Å². The van der Waals surface area contributed by atoms with Crippen molar-refractivity contribution in [3.8, 4) is 0 Å². The molecular weight excluding hydrogens is 392 g/mol. The summed E-state index contributed by atoms with van der Waals surface area (Å²) in [5.74, 6) is -0.287. The van der Waals surface area contributed by atoms with E-state index in [2.05, 4.69) is 10.6 Å². The molecule has 3 rings (SSSR count). The predicted molar refractivity (Wildman–Crippen MR) is 110 cm³/mol. The van der Waals surface area contributed by atoms with Crippen LogP contribution in [0.25, 0.3) is 0 Å². The van der Waals surface area contributed by atoms with Crippen LogP contribution in [0.5, 0.6) is 0 Å². The lowest BCUT2D eigenvalue weighted by Crippen LogP contribution is -3.15. The first-order valence-electron chi connectivity index (χ1n) is 9.41. The van der Waals surface area contributed by atoms with Crippen molar-refractivity contribution in [2.24, 2.45) is 0 Å². The monoisotopic (exact) mass is 417 g/mol. The Kier molecular flexibility index (Phi) is 6.63. The van der Waals surface area contributed by atoms with Crippen LogP contribution < -0.4 is 15.5 Å². The summed E-state index contributed by atoms with van der Waals surface area (Å²) in [4.78, 5) is 24.7. The molecule has 154 valence electrons. The Hall–Kier alpha value is -2.75. The maximum absolute atomic E-state index is 12.7. The highest BCUT2D eigenvalue weighted by Crippen LogP contribution is 2.15. The first kappa shape index (κ1) is 21.0. The molecule has 0 aromatic heterocycles. The molecule has 9 heteroatoms. The summed E-state index contributed by atoms with van der Waals surface area (Å²) < 4.78 is 26.8. The Bertz CT molecular complexity index is 954. The molecule has 1 heterocycles. The summed E-state index contributed by atoms with van der Waals surface area (Å²) in [7, 11) is -3.49. The Morgan fingerprint density at radius 3 is 2.03 bits per heavy atom. The van der Waals surface area contributed by atoms with E-state index in [1.807, 2.05) is 0 Å². The minimum Gasteiger partial charge on any atom is -0.326 e. The van der Waals surface area contributed by atoms with Gasteiger partial charge in [-0.3, -0.25) is 9.59 Å². The van der Waals surface area contributed by atoms with E-state index in [9.17, 15) is 18.0 Å². The highest BCUT2D eigenvalue weighted by molar-refractivity contribution is 7.89. The second-order valence-electron chi connectivity index (χ2n) is 6.95. The largest absolute Gasteiger partial charge is 0.326 e. The molecule has 1 fully saturated rings. The zero-order valence-electron chi connectivity index (χ0n) is 16.2. The lowest BCUT2D eigenvalue weighted by atomic mass is 10.2. The van der Waals surface area contributed by atoms with Crippen LogP contribution in [0.3, 0.4) is 0 Å². The zero-order valence-corrected chi connectivity index (χ0v) is 17.0. The number of piperazine rings is 1. The van der Waals surface area contributed by atoms with Gasteiger partial charge < -0.3 is 15.5 Å². The van der Waals surface area contributed by atoms with Crippen LogP contribution in [0.1, 0.15) is 6.92 Å². The van der Waals surface area contributed by atoms with Gasteiger partial charge in [-0.05, 0) is 36.4 Å². The Labute approximate surface area is 170 Å². The van der Waals surface area contributed by atoms with Crippen LogP contribution in [0.15, 0.2) is 59.5 Å². The molecule has 0 aliphatic carbocycles. The molecule has 29 heavy (non-hydrogen) atoms. The number of nitrogens with one attached hydrogen (secondary N) is 3. The van der Waals surface area contributed by atoms with Crippen LogP contribution in [0.2, 0.25) is 0 Å². The van der Waals surface area contributed by atoms with E-state index < -0.39 is 10.0 Å². The number of benzene rings is 2. The molecule has 1 aliphatic rings. The number of rotatable bonds is 6. The first-order valence-corrected chi connectivity index (χ1v) is 10.8. The number of sulfonamides is 1. The van der Waals surface area contributed by atoms with Crippen molar-refractivity contribution in [2.75, 3.05) is 43.4 Å². The van der Waals surface area contributed by atoms with Crippen molar-refractivity contribution >= 4 is 33.2 Å². The van der Waals surface area contributed by atoms with Gasteiger partial charge >= 0.3 is 0 Å². The summed E-state index contributed by atoms with van der Waals surface area (Å²) in [6.45, 7) is 3.61. The number of nitrogens with zero attached hydrogens (tertiary/aromatic N) is 1.